The molecular formula is C15H22IN4OS2-. The molecule has 2 heterocycles. The fraction of sp³-hybridized carbons (Fsp3) is 0.400. The maximum absolute atomic E-state index is 12.7. The molecule has 0 spiro atoms. The molecule has 0 fully saturated rings. The van der Waals surface area contributed by atoms with Gasteiger partial charge in [0.05, 0.1) is 0 Å². The van der Waals surface area contributed by atoms with Crippen LogP contribution in [0.4, 0.5) is 0 Å². The molecule has 2 aromatic heterocycles. The summed E-state index contributed by atoms with van der Waals surface area (Å²) in [6.07, 6.45) is 0.916. The molecule has 8 heteroatoms. The van der Waals surface area contributed by atoms with Gasteiger partial charge in [0, 0.05) is 0 Å². The molecule has 4 N–H and O–H groups in total. The maximum atomic E-state index is 12.7. The van der Waals surface area contributed by atoms with Crippen LogP contribution in [0.1, 0.15) is 21.0 Å². The molecule has 0 saturated heterocycles. The van der Waals surface area contributed by atoms with Gasteiger partial charge in [-0.05, 0) is 0 Å². The molecule has 128 valence electrons. The first-order chi connectivity index (χ1) is 11.2. The van der Waals surface area contributed by atoms with Crippen molar-refractivity contribution in [1.29, 1.82) is 0 Å². The van der Waals surface area contributed by atoms with Crippen molar-refractivity contribution in [3.05, 3.63) is 44.8 Å². The summed E-state index contributed by atoms with van der Waals surface area (Å²) in [5.41, 5.74) is 11.4. The van der Waals surface area contributed by atoms with E-state index >= 15 is 0 Å². The topological polar surface area (TPSA) is 75.6 Å². The van der Waals surface area contributed by atoms with Crippen molar-refractivity contribution in [3.8, 4) is 0 Å². The summed E-state index contributed by atoms with van der Waals surface area (Å²) in [4.78, 5) is 16.6. The molecule has 0 bridgehead atoms. The average Bonchev–Trinajstić information content (AvgIpc) is 3.25. The van der Waals surface area contributed by atoms with Gasteiger partial charge in [0.15, 0.2) is 0 Å². The molecule has 0 atom stereocenters. The first-order valence-electron chi connectivity index (χ1n) is 7.34. The zero-order chi connectivity index (χ0) is 16.5. The second-order valence-corrected chi connectivity index (χ2v) is 9.69. The van der Waals surface area contributed by atoms with Crippen LogP contribution in [-0.4, -0.2) is 38.2 Å². The Balaban J connectivity index is 1.94. The fourth-order valence-electron chi connectivity index (χ4n) is 2.13. The molecule has 5 nitrogen and oxygen atoms in total. The van der Waals surface area contributed by atoms with E-state index in [1.54, 1.807) is 11.3 Å². The molecule has 0 aromatic carbocycles. The van der Waals surface area contributed by atoms with Gasteiger partial charge in [-0.2, -0.15) is 0 Å². The standard InChI is InChI=1S/C15H22IN4OS2/c17-11-16-20(12-18)7-3-6-19(10-13-4-1-8-22-13)15(21)14-5-2-9-23-14/h1-2,4-5,8-9H,3,6-7,10-12,17-18H2/q-1. The van der Waals surface area contributed by atoms with Crippen LogP contribution in [-0.2, 0) is 6.54 Å². The third-order valence-corrected chi connectivity index (χ3v) is 7.16. The van der Waals surface area contributed by atoms with Gasteiger partial charge in [-0.3, -0.25) is 0 Å². The Morgan fingerprint density at radius 2 is 1.91 bits per heavy atom. The number of carbonyl (C=O) groups excluding carboxylic acids is 1. The van der Waals surface area contributed by atoms with E-state index in [9.17, 15) is 4.79 Å². The van der Waals surface area contributed by atoms with E-state index in [0.29, 0.717) is 17.8 Å². The number of nitrogens with zero attached hydrogens (tertiary/aromatic N) is 2. The first kappa shape index (κ1) is 18.8. The predicted octanol–water partition coefficient (Wildman–Crippen LogP) is -1.02. The number of rotatable bonds is 10. The van der Waals surface area contributed by atoms with Crippen LogP contribution in [0.3, 0.4) is 0 Å². The number of alkyl halides is 1. The Morgan fingerprint density at radius 3 is 2.52 bits per heavy atom. The van der Waals surface area contributed by atoms with Gasteiger partial charge in [0.1, 0.15) is 0 Å². The molecule has 0 unspecified atom stereocenters. The van der Waals surface area contributed by atoms with Gasteiger partial charge in [-0.15, -0.1) is 0 Å². The zero-order valence-electron chi connectivity index (χ0n) is 12.9. The van der Waals surface area contributed by atoms with Crippen LogP contribution in [0.5, 0.6) is 0 Å². The summed E-state index contributed by atoms with van der Waals surface area (Å²) < 4.78 is 2.93. The van der Waals surface area contributed by atoms with E-state index in [0.717, 1.165) is 24.4 Å². The Bertz CT molecular complexity index is 562. The molecule has 2 rings (SSSR count). The van der Waals surface area contributed by atoms with Crippen molar-refractivity contribution >= 4 is 28.6 Å². The van der Waals surface area contributed by atoms with Gasteiger partial charge in [-0.1, -0.05) is 0 Å². The zero-order valence-corrected chi connectivity index (χ0v) is 16.6. The summed E-state index contributed by atoms with van der Waals surface area (Å²) in [7, 11) is 0. The monoisotopic (exact) mass is 465 g/mol. The van der Waals surface area contributed by atoms with Crippen molar-refractivity contribution in [2.45, 2.75) is 13.0 Å². The molecule has 0 radical (unpaired) electrons. The summed E-state index contributed by atoms with van der Waals surface area (Å²) in [5.74, 6) is 0.112. The average molecular weight is 465 g/mol. The fourth-order valence-corrected chi connectivity index (χ4v) is 5.06. The SMILES string of the molecule is NC[I-]N(CN)CCCN(Cc1cccs1)C(=O)c1cccs1. The predicted molar refractivity (Wildman–Crippen MR) is 92.8 cm³/mol. The van der Waals surface area contributed by atoms with Gasteiger partial charge in [0.25, 0.3) is 0 Å². The number of hydrogen-bond acceptors (Lipinski definition) is 6. The van der Waals surface area contributed by atoms with Gasteiger partial charge < -0.3 is 0 Å². The van der Waals surface area contributed by atoms with Crippen molar-refractivity contribution in [2.75, 3.05) is 24.3 Å². The summed E-state index contributed by atoms with van der Waals surface area (Å²) in [5, 5.41) is 3.99. The first-order valence-corrected chi connectivity index (χ1v) is 11.6. The molecule has 2 aromatic rings. The van der Waals surface area contributed by atoms with Gasteiger partial charge in [-0.25, -0.2) is 0 Å². The Labute approximate surface area is 155 Å². The summed E-state index contributed by atoms with van der Waals surface area (Å²) in [6.45, 7) is 2.86. The molecule has 0 aliphatic carbocycles. The number of amides is 1. The minimum absolute atomic E-state index is 0.112. The van der Waals surface area contributed by atoms with Crippen molar-refractivity contribution in [1.82, 2.24) is 8.01 Å². The number of thiophene rings is 2. The molecule has 0 aliphatic rings. The Morgan fingerprint density at radius 1 is 1.13 bits per heavy atom. The van der Waals surface area contributed by atoms with E-state index in [1.807, 2.05) is 33.9 Å². The molecule has 1 amide bonds. The molecular weight excluding hydrogens is 443 g/mol. The normalized spacial score (nSPS) is 11.3. The van der Waals surface area contributed by atoms with E-state index < -0.39 is 0 Å². The van der Waals surface area contributed by atoms with E-state index in [4.69, 9.17) is 11.5 Å². The van der Waals surface area contributed by atoms with E-state index in [1.165, 1.54) is 16.2 Å². The summed E-state index contributed by atoms with van der Waals surface area (Å²) >= 11 is 3.00. The van der Waals surface area contributed by atoms with Gasteiger partial charge >= 0.3 is 156 Å². The Hall–Kier alpha value is -0.520. The van der Waals surface area contributed by atoms with E-state index in [2.05, 4.69) is 9.18 Å². The van der Waals surface area contributed by atoms with Crippen LogP contribution < -0.4 is 32.9 Å². The number of halogens is 1. The number of nitrogens with two attached hydrogens (primary N) is 2. The molecule has 23 heavy (non-hydrogen) atoms. The third kappa shape index (κ3) is 6.12. The van der Waals surface area contributed by atoms with Crippen LogP contribution in [0.15, 0.2) is 35.0 Å². The molecule has 0 aliphatic heterocycles. The molecule has 0 saturated carbocycles. The second-order valence-electron chi connectivity index (χ2n) is 4.78. The van der Waals surface area contributed by atoms with Crippen molar-refractivity contribution < 1.29 is 26.3 Å². The van der Waals surface area contributed by atoms with Crippen LogP contribution >= 0.6 is 22.7 Å². The third-order valence-electron chi connectivity index (χ3n) is 3.21. The van der Waals surface area contributed by atoms with Crippen LogP contribution in [0, 0.1) is 0 Å². The van der Waals surface area contributed by atoms with Crippen LogP contribution in [0.25, 0.3) is 0 Å². The number of carbonyl (C=O) groups is 1. The Kier molecular flexibility index (Phi) is 8.48. The van der Waals surface area contributed by atoms with Gasteiger partial charge in [0.2, 0.25) is 0 Å². The van der Waals surface area contributed by atoms with Crippen molar-refractivity contribution in [2.24, 2.45) is 11.5 Å². The van der Waals surface area contributed by atoms with E-state index in [-0.39, 0.29) is 27.4 Å². The van der Waals surface area contributed by atoms with Crippen molar-refractivity contribution in [3.63, 3.8) is 0 Å². The quantitative estimate of drug-likeness (QED) is 0.155. The number of hydrogen-bond donors (Lipinski definition) is 2. The van der Waals surface area contributed by atoms with Crippen LogP contribution in [0.2, 0.25) is 0 Å². The minimum atomic E-state index is -0.177. The summed E-state index contributed by atoms with van der Waals surface area (Å²) in [6, 6.07) is 7.91. The second kappa shape index (κ2) is 10.4.